The van der Waals surface area contributed by atoms with Gasteiger partial charge in [-0.2, -0.15) is 0 Å². The van der Waals surface area contributed by atoms with Crippen LogP contribution in [0.25, 0.3) is 0 Å². The fraction of sp³-hybridized carbons (Fsp3) is 0.286. The maximum absolute atomic E-state index is 10.3. The van der Waals surface area contributed by atoms with Crippen molar-refractivity contribution in [2.24, 2.45) is 0 Å². The lowest BCUT2D eigenvalue weighted by Gasteiger charge is -1.83. The van der Waals surface area contributed by atoms with Crippen molar-refractivity contribution in [1.29, 1.82) is 0 Å². The van der Waals surface area contributed by atoms with E-state index in [-0.39, 0.29) is 0 Å². The highest BCUT2D eigenvalue weighted by Gasteiger charge is 2.10. The molecule has 0 radical (unpaired) electrons. The van der Waals surface area contributed by atoms with Crippen LogP contribution in [0.4, 0.5) is 0 Å². The summed E-state index contributed by atoms with van der Waals surface area (Å²) < 4.78 is 4.97. The third-order valence-electron chi connectivity index (χ3n) is 1.44. The standard InChI is InChI=1S/C7H7ClO2/c1-4-6(3-9)5(2)10-7(4)8/h3H,1-2H3. The van der Waals surface area contributed by atoms with Crippen molar-refractivity contribution in [3.63, 3.8) is 0 Å². The fourth-order valence-corrected chi connectivity index (χ4v) is 1.02. The summed E-state index contributed by atoms with van der Waals surface area (Å²) in [5.74, 6) is 0.581. The maximum Gasteiger partial charge on any atom is 0.197 e. The first-order chi connectivity index (χ1) is 4.66. The number of furan rings is 1. The van der Waals surface area contributed by atoms with Gasteiger partial charge in [-0.05, 0) is 25.4 Å². The molecule has 0 spiro atoms. The highest BCUT2D eigenvalue weighted by atomic mass is 35.5. The summed E-state index contributed by atoms with van der Waals surface area (Å²) in [4.78, 5) is 10.3. The van der Waals surface area contributed by atoms with E-state index in [9.17, 15) is 4.79 Å². The highest BCUT2D eigenvalue weighted by molar-refractivity contribution is 6.30. The second-order valence-corrected chi connectivity index (χ2v) is 2.43. The Labute approximate surface area is 63.8 Å². The van der Waals surface area contributed by atoms with Gasteiger partial charge in [0, 0.05) is 5.56 Å². The molecule has 1 heterocycles. The van der Waals surface area contributed by atoms with Crippen LogP contribution in [0.15, 0.2) is 4.42 Å². The second kappa shape index (κ2) is 2.46. The minimum atomic E-state index is 0.305. The summed E-state index contributed by atoms with van der Waals surface area (Å²) in [6, 6.07) is 0. The van der Waals surface area contributed by atoms with Gasteiger partial charge in [0.2, 0.25) is 0 Å². The van der Waals surface area contributed by atoms with Crippen molar-refractivity contribution in [3.8, 4) is 0 Å². The summed E-state index contributed by atoms with van der Waals surface area (Å²) in [5.41, 5.74) is 1.28. The highest BCUT2D eigenvalue weighted by Crippen LogP contribution is 2.23. The van der Waals surface area contributed by atoms with Crippen molar-refractivity contribution >= 4 is 17.9 Å². The number of hydrogen-bond acceptors (Lipinski definition) is 2. The molecule has 0 bridgehead atoms. The lowest BCUT2D eigenvalue weighted by molar-refractivity contribution is 0.112. The van der Waals surface area contributed by atoms with Crippen molar-refractivity contribution in [1.82, 2.24) is 0 Å². The largest absolute Gasteiger partial charge is 0.449 e. The van der Waals surface area contributed by atoms with Crippen molar-refractivity contribution < 1.29 is 9.21 Å². The Morgan fingerprint density at radius 2 is 2.10 bits per heavy atom. The number of carbonyl (C=O) groups excluding carboxylic acids is 1. The van der Waals surface area contributed by atoms with E-state index in [1.807, 2.05) is 0 Å². The van der Waals surface area contributed by atoms with Gasteiger partial charge in [0.25, 0.3) is 0 Å². The Morgan fingerprint density at radius 3 is 2.30 bits per heavy atom. The zero-order valence-corrected chi connectivity index (χ0v) is 6.53. The van der Waals surface area contributed by atoms with E-state index >= 15 is 0 Å². The molecule has 2 nitrogen and oxygen atoms in total. The minimum Gasteiger partial charge on any atom is -0.449 e. The van der Waals surface area contributed by atoms with Crippen molar-refractivity contribution in [2.45, 2.75) is 13.8 Å². The first kappa shape index (κ1) is 7.35. The molecule has 0 aliphatic rings. The average Bonchev–Trinajstić information content (AvgIpc) is 2.09. The third kappa shape index (κ3) is 0.948. The van der Waals surface area contributed by atoms with Crippen LogP contribution in [0.3, 0.4) is 0 Å². The Balaban J connectivity index is 3.33. The molecule has 0 aliphatic carbocycles. The summed E-state index contributed by atoms with van der Waals surface area (Å²) in [6.07, 6.45) is 0.750. The van der Waals surface area contributed by atoms with E-state index in [4.69, 9.17) is 16.0 Å². The number of carbonyl (C=O) groups is 1. The van der Waals surface area contributed by atoms with Gasteiger partial charge in [-0.25, -0.2) is 0 Å². The molecule has 0 N–H and O–H groups in total. The number of hydrogen-bond donors (Lipinski definition) is 0. The average molecular weight is 159 g/mol. The third-order valence-corrected chi connectivity index (χ3v) is 1.80. The lowest BCUT2D eigenvalue weighted by atomic mass is 10.2. The summed E-state index contributed by atoms with van der Waals surface area (Å²) in [7, 11) is 0. The quantitative estimate of drug-likeness (QED) is 0.588. The molecular weight excluding hydrogens is 152 g/mol. The Morgan fingerprint density at radius 1 is 1.50 bits per heavy atom. The van der Waals surface area contributed by atoms with E-state index in [0.717, 1.165) is 6.29 Å². The topological polar surface area (TPSA) is 30.2 Å². The van der Waals surface area contributed by atoms with E-state index in [1.54, 1.807) is 13.8 Å². The van der Waals surface area contributed by atoms with Gasteiger partial charge in [-0.1, -0.05) is 0 Å². The molecular formula is C7H7ClO2. The molecule has 1 aromatic rings. The first-order valence-electron chi connectivity index (χ1n) is 2.87. The molecule has 0 aromatic carbocycles. The van der Waals surface area contributed by atoms with Gasteiger partial charge >= 0.3 is 0 Å². The van der Waals surface area contributed by atoms with Gasteiger partial charge in [-0.15, -0.1) is 0 Å². The van der Waals surface area contributed by atoms with Crippen LogP contribution in [-0.2, 0) is 0 Å². The summed E-state index contributed by atoms with van der Waals surface area (Å²) in [5, 5.41) is 0.305. The zero-order chi connectivity index (χ0) is 7.72. The van der Waals surface area contributed by atoms with Crippen LogP contribution in [-0.4, -0.2) is 6.29 Å². The van der Waals surface area contributed by atoms with Gasteiger partial charge in [0.1, 0.15) is 5.76 Å². The molecule has 0 aliphatic heterocycles. The zero-order valence-electron chi connectivity index (χ0n) is 5.77. The van der Waals surface area contributed by atoms with Gasteiger partial charge in [-0.3, -0.25) is 4.79 Å². The van der Waals surface area contributed by atoms with Gasteiger partial charge < -0.3 is 4.42 Å². The number of rotatable bonds is 1. The number of aldehydes is 1. The van der Waals surface area contributed by atoms with E-state index < -0.39 is 0 Å². The van der Waals surface area contributed by atoms with E-state index in [2.05, 4.69) is 0 Å². The van der Waals surface area contributed by atoms with E-state index in [0.29, 0.717) is 22.1 Å². The molecule has 1 rings (SSSR count). The van der Waals surface area contributed by atoms with E-state index in [1.165, 1.54) is 0 Å². The molecule has 54 valence electrons. The maximum atomic E-state index is 10.3. The Hall–Kier alpha value is -0.760. The second-order valence-electron chi connectivity index (χ2n) is 2.09. The fourth-order valence-electron chi connectivity index (χ4n) is 0.807. The lowest BCUT2D eigenvalue weighted by Crippen LogP contribution is -1.81. The first-order valence-corrected chi connectivity index (χ1v) is 3.25. The monoisotopic (exact) mass is 158 g/mol. The molecule has 0 unspecified atom stereocenters. The van der Waals surface area contributed by atoms with Crippen LogP contribution in [0.1, 0.15) is 21.7 Å². The number of aryl methyl sites for hydroxylation is 1. The Bertz CT molecular complexity index is 263. The molecule has 10 heavy (non-hydrogen) atoms. The molecule has 3 heteroatoms. The molecule has 0 atom stereocenters. The number of halogens is 1. The van der Waals surface area contributed by atoms with Crippen LogP contribution < -0.4 is 0 Å². The van der Waals surface area contributed by atoms with Crippen LogP contribution in [0.2, 0.25) is 5.22 Å². The smallest absolute Gasteiger partial charge is 0.197 e. The minimum absolute atomic E-state index is 0.305. The normalized spacial score (nSPS) is 9.90. The molecule has 0 fully saturated rings. The van der Waals surface area contributed by atoms with Crippen LogP contribution in [0, 0.1) is 13.8 Å². The predicted molar refractivity (Wildman–Crippen MR) is 38.6 cm³/mol. The summed E-state index contributed by atoms with van der Waals surface area (Å²) >= 11 is 5.59. The SMILES string of the molecule is Cc1oc(Cl)c(C)c1C=O. The van der Waals surface area contributed by atoms with Crippen molar-refractivity contribution in [2.75, 3.05) is 0 Å². The molecule has 0 amide bonds. The van der Waals surface area contributed by atoms with Gasteiger partial charge in [0.05, 0.1) is 5.56 Å². The van der Waals surface area contributed by atoms with Gasteiger partial charge in [0.15, 0.2) is 11.5 Å². The van der Waals surface area contributed by atoms with Crippen molar-refractivity contribution in [3.05, 3.63) is 22.1 Å². The predicted octanol–water partition coefficient (Wildman–Crippen LogP) is 2.36. The molecule has 0 saturated heterocycles. The molecule has 1 aromatic heterocycles. The van der Waals surface area contributed by atoms with Crippen LogP contribution >= 0.6 is 11.6 Å². The van der Waals surface area contributed by atoms with Crippen LogP contribution in [0.5, 0.6) is 0 Å². The Kier molecular flexibility index (Phi) is 1.81. The molecule has 0 saturated carbocycles. The summed E-state index contributed by atoms with van der Waals surface area (Å²) in [6.45, 7) is 3.46.